The highest BCUT2D eigenvalue weighted by Gasteiger charge is 2.13. The summed E-state index contributed by atoms with van der Waals surface area (Å²) in [7, 11) is 0. The van der Waals surface area contributed by atoms with E-state index in [2.05, 4.69) is 10.6 Å². The summed E-state index contributed by atoms with van der Waals surface area (Å²) in [6.45, 7) is 2.51. The zero-order chi connectivity index (χ0) is 20.5. The van der Waals surface area contributed by atoms with Gasteiger partial charge in [0.1, 0.15) is 6.54 Å². The number of benzene rings is 2. The predicted molar refractivity (Wildman–Crippen MR) is 103 cm³/mol. The van der Waals surface area contributed by atoms with Crippen molar-refractivity contribution in [3.63, 3.8) is 0 Å². The molecule has 2 rings (SSSR count). The van der Waals surface area contributed by atoms with Crippen LogP contribution < -0.4 is 16.0 Å². The van der Waals surface area contributed by atoms with Crippen LogP contribution in [0.2, 0.25) is 0 Å². The number of carbonyl (C=O) groups excluding carboxylic acids is 4. The number of fused-ring (bicyclic) bond motifs is 1. The highest BCUT2D eigenvalue weighted by Crippen LogP contribution is 2.18. The van der Waals surface area contributed by atoms with Crippen molar-refractivity contribution in [3.8, 4) is 0 Å². The van der Waals surface area contributed by atoms with Gasteiger partial charge in [0.25, 0.3) is 5.91 Å². The summed E-state index contributed by atoms with van der Waals surface area (Å²) < 4.78 is 4.73. The second-order valence-corrected chi connectivity index (χ2v) is 6.43. The van der Waals surface area contributed by atoms with Gasteiger partial charge in [0.05, 0.1) is 6.42 Å². The average Bonchev–Trinajstić information content (AvgIpc) is 2.64. The molecule has 0 heterocycles. The highest BCUT2D eigenvalue weighted by atomic mass is 16.5. The molecule has 8 heteroatoms. The predicted octanol–water partition coefficient (Wildman–Crippen LogP) is 1.28. The Morgan fingerprint density at radius 2 is 1.68 bits per heavy atom. The topological polar surface area (TPSA) is 114 Å². The number of nitrogens with one attached hydrogen (secondary N) is 3. The Bertz CT molecular complexity index is 874. The fraction of sp³-hybridized carbons (Fsp3) is 0.300. The second-order valence-electron chi connectivity index (χ2n) is 6.43. The van der Waals surface area contributed by atoms with Crippen molar-refractivity contribution in [2.45, 2.75) is 26.3 Å². The van der Waals surface area contributed by atoms with Gasteiger partial charge in [0, 0.05) is 6.04 Å². The van der Waals surface area contributed by atoms with E-state index in [0.29, 0.717) is 0 Å². The molecule has 0 radical (unpaired) electrons. The third-order valence-electron chi connectivity index (χ3n) is 3.70. The Morgan fingerprint density at radius 1 is 0.964 bits per heavy atom. The van der Waals surface area contributed by atoms with E-state index in [1.807, 2.05) is 47.8 Å². The molecule has 3 N–H and O–H groups in total. The molecule has 2 aromatic rings. The molecule has 28 heavy (non-hydrogen) atoms. The van der Waals surface area contributed by atoms with Gasteiger partial charge in [-0.25, -0.2) is 4.79 Å². The van der Waals surface area contributed by atoms with Crippen molar-refractivity contribution >= 4 is 34.6 Å². The first-order valence-corrected chi connectivity index (χ1v) is 8.84. The fourth-order valence-corrected chi connectivity index (χ4v) is 2.51. The van der Waals surface area contributed by atoms with Crippen LogP contribution in [0.4, 0.5) is 4.79 Å². The van der Waals surface area contributed by atoms with Crippen LogP contribution in [0.3, 0.4) is 0 Å². The van der Waals surface area contributed by atoms with Gasteiger partial charge in [-0.1, -0.05) is 42.5 Å². The number of rotatable bonds is 7. The van der Waals surface area contributed by atoms with Gasteiger partial charge in [-0.3, -0.25) is 19.7 Å². The molecule has 0 aliphatic heterocycles. The van der Waals surface area contributed by atoms with Crippen LogP contribution in [0.15, 0.2) is 42.5 Å². The van der Waals surface area contributed by atoms with Gasteiger partial charge < -0.3 is 15.4 Å². The summed E-state index contributed by atoms with van der Waals surface area (Å²) in [5, 5.41) is 8.96. The third kappa shape index (κ3) is 6.71. The molecule has 0 aliphatic carbocycles. The Labute approximate surface area is 162 Å². The zero-order valence-electron chi connectivity index (χ0n) is 15.8. The van der Waals surface area contributed by atoms with Crippen LogP contribution >= 0.6 is 0 Å². The second kappa shape index (κ2) is 10.1. The number of hydrogen-bond donors (Lipinski definition) is 3. The number of hydrogen-bond acceptors (Lipinski definition) is 5. The van der Waals surface area contributed by atoms with Crippen molar-refractivity contribution < 1.29 is 23.9 Å². The fourth-order valence-electron chi connectivity index (χ4n) is 2.51. The molecule has 4 amide bonds. The van der Waals surface area contributed by atoms with E-state index in [1.165, 1.54) is 0 Å². The summed E-state index contributed by atoms with van der Waals surface area (Å²) in [5.41, 5.74) is 0.847. The maximum Gasteiger partial charge on any atom is 0.325 e. The number of esters is 1. The molecule has 0 aromatic heterocycles. The summed E-state index contributed by atoms with van der Waals surface area (Å²) in [4.78, 5) is 46.6. The molecule has 0 saturated heterocycles. The van der Waals surface area contributed by atoms with Crippen molar-refractivity contribution in [3.05, 3.63) is 48.0 Å². The van der Waals surface area contributed by atoms with E-state index < -0.39 is 24.5 Å². The van der Waals surface area contributed by atoms with E-state index in [4.69, 9.17) is 4.74 Å². The van der Waals surface area contributed by atoms with Crippen molar-refractivity contribution in [2.24, 2.45) is 0 Å². The molecule has 0 atom stereocenters. The lowest BCUT2D eigenvalue weighted by molar-refractivity contribution is -0.148. The summed E-state index contributed by atoms with van der Waals surface area (Å²) in [6.07, 6.45) is 0.116. The number of urea groups is 1. The molecule has 2 aromatic carbocycles. The molecule has 0 unspecified atom stereocenters. The summed E-state index contributed by atoms with van der Waals surface area (Å²) >= 11 is 0. The van der Waals surface area contributed by atoms with E-state index in [1.54, 1.807) is 13.8 Å². The van der Waals surface area contributed by atoms with Crippen LogP contribution in [-0.2, 0) is 25.5 Å². The average molecular weight is 385 g/mol. The molecular weight excluding hydrogens is 362 g/mol. The number of carbonyl (C=O) groups is 4. The van der Waals surface area contributed by atoms with Crippen LogP contribution in [0.25, 0.3) is 10.8 Å². The van der Waals surface area contributed by atoms with E-state index >= 15 is 0 Å². The van der Waals surface area contributed by atoms with E-state index in [-0.39, 0.29) is 24.9 Å². The number of ether oxygens (including phenoxy) is 1. The van der Waals surface area contributed by atoms with Crippen molar-refractivity contribution in [2.75, 3.05) is 13.2 Å². The molecule has 0 aliphatic rings. The molecule has 148 valence electrons. The van der Waals surface area contributed by atoms with Crippen LogP contribution in [0.5, 0.6) is 0 Å². The normalized spacial score (nSPS) is 10.4. The van der Waals surface area contributed by atoms with Crippen molar-refractivity contribution in [1.29, 1.82) is 0 Å². The molecule has 0 bridgehead atoms. The van der Waals surface area contributed by atoms with Gasteiger partial charge in [-0.15, -0.1) is 0 Å². The SMILES string of the molecule is CC(C)NC(=O)NC(=O)COC(=O)CNC(=O)Cc1cccc2ccccc12. The van der Waals surface area contributed by atoms with E-state index in [0.717, 1.165) is 16.3 Å². The lowest BCUT2D eigenvalue weighted by Crippen LogP contribution is -2.44. The maximum absolute atomic E-state index is 12.1. The molecule has 0 fully saturated rings. The molecule has 0 spiro atoms. The Balaban J connectivity index is 1.74. The first kappa shape index (κ1) is 20.9. The summed E-state index contributed by atoms with van der Waals surface area (Å²) in [5.74, 6) is -1.87. The minimum Gasteiger partial charge on any atom is -0.454 e. The minimum absolute atomic E-state index is 0.116. The highest BCUT2D eigenvalue weighted by molar-refractivity contribution is 5.96. The Morgan fingerprint density at radius 3 is 2.43 bits per heavy atom. The van der Waals surface area contributed by atoms with Gasteiger partial charge in [0.15, 0.2) is 6.61 Å². The molecular formula is C20H23N3O5. The Hall–Kier alpha value is -3.42. The van der Waals surface area contributed by atoms with E-state index in [9.17, 15) is 19.2 Å². The minimum atomic E-state index is -0.773. The first-order valence-electron chi connectivity index (χ1n) is 8.84. The number of imide groups is 1. The van der Waals surface area contributed by atoms with Crippen LogP contribution in [-0.4, -0.2) is 43.0 Å². The summed E-state index contributed by atoms with van der Waals surface area (Å²) in [6, 6.07) is 12.6. The van der Waals surface area contributed by atoms with Crippen LogP contribution in [0, 0.1) is 0 Å². The van der Waals surface area contributed by atoms with Crippen molar-refractivity contribution in [1.82, 2.24) is 16.0 Å². The Kier molecular flexibility index (Phi) is 7.50. The van der Waals surface area contributed by atoms with Gasteiger partial charge in [0.2, 0.25) is 5.91 Å². The standard InChI is InChI=1S/C20H23N3O5/c1-13(2)22-20(27)23-18(25)12-28-19(26)11-21-17(24)10-15-8-5-7-14-6-3-4-9-16(14)15/h3-9,13H,10-12H2,1-2H3,(H,21,24)(H2,22,23,25,27). The van der Waals surface area contributed by atoms with Gasteiger partial charge >= 0.3 is 12.0 Å². The quantitative estimate of drug-likeness (QED) is 0.621. The lowest BCUT2D eigenvalue weighted by atomic mass is 10.0. The molecule has 8 nitrogen and oxygen atoms in total. The largest absolute Gasteiger partial charge is 0.454 e. The van der Waals surface area contributed by atoms with Crippen LogP contribution in [0.1, 0.15) is 19.4 Å². The zero-order valence-corrected chi connectivity index (χ0v) is 15.8. The third-order valence-corrected chi connectivity index (χ3v) is 3.70. The van der Waals surface area contributed by atoms with Gasteiger partial charge in [-0.2, -0.15) is 0 Å². The smallest absolute Gasteiger partial charge is 0.325 e. The monoisotopic (exact) mass is 385 g/mol. The molecule has 0 saturated carbocycles. The number of amides is 4. The lowest BCUT2D eigenvalue weighted by Gasteiger charge is -2.10. The van der Waals surface area contributed by atoms with Gasteiger partial charge in [-0.05, 0) is 30.2 Å². The maximum atomic E-state index is 12.1. The first-order chi connectivity index (χ1) is 13.3.